The van der Waals surface area contributed by atoms with E-state index in [-0.39, 0.29) is 12.2 Å². The Bertz CT molecular complexity index is 341. The number of unbranched alkanes of at least 4 members (excludes halogenated alkanes) is 14. The first-order valence-electron chi connectivity index (χ1n) is 11.2. The van der Waals surface area contributed by atoms with Crippen molar-refractivity contribution in [2.45, 2.75) is 123 Å². The highest BCUT2D eigenvalue weighted by molar-refractivity contribution is 5.87. The molecular weight excluding hydrogens is 322 g/mol. The summed E-state index contributed by atoms with van der Waals surface area (Å²) in [6.45, 7) is 10.3. The molecule has 0 aliphatic heterocycles. The molecule has 0 aromatic heterocycles. The zero-order chi connectivity index (χ0) is 19.5. The monoisotopic (exact) mass is 367 g/mol. The third-order valence-electron chi connectivity index (χ3n) is 4.84. The van der Waals surface area contributed by atoms with Gasteiger partial charge in [0.25, 0.3) is 0 Å². The van der Waals surface area contributed by atoms with E-state index in [0.29, 0.717) is 5.57 Å². The Kier molecular flexibility index (Phi) is 18.3. The van der Waals surface area contributed by atoms with Crippen molar-refractivity contribution in [2.24, 2.45) is 0 Å². The molecule has 3 nitrogen and oxygen atoms in total. The standard InChI is InChI=1S/C23H45NO2/c1-5-6-7-8-9-10-11-12-13-14-15-16-17-18-19-20-24-22(4)26-23(25)21(2)3/h22,24H,2,5-20H2,1,3-4H3. The molecule has 3 heteroatoms. The van der Waals surface area contributed by atoms with Crippen molar-refractivity contribution in [2.75, 3.05) is 6.54 Å². The molecule has 0 radical (unpaired) electrons. The first-order valence-corrected chi connectivity index (χ1v) is 11.2. The minimum atomic E-state index is -0.318. The number of rotatable bonds is 19. The van der Waals surface area contributed by atoms with Crippen LogP contribution < -0.4 is 5.32 Å². The van der Waals surface area contributed by atoms with E-state index in [1.165, 1.54) is 89.9 Å². The zero-order valence-electron chi connectivity index (χ0n) is 17.9. The maximum atomic E-state index is 11.4. The smallest absolute Gasteiger partial charge is 0.334 e. The first kappa shape index (κ1) is 25.2. The van der Waals surface area contributed by atoms with Crippen LogP contribution in [-0.2, 0) is 9.53 Å². The van der Waals surface area contributed by atoms with E-state index in [1.807, 2.05) is 6.92 Å². The van der Waals surface area contributed by atoms with Gasteiger partial charge in [-0.15, -0.1) is 0 Å². The number of hydrogen-bond acceptors (Lipinski definition) is 3. The molecule has 0 saturated heterocycles. The van der Waals surface area contributed by atoms with Gasteiger partial charge in [0.05, 0.1) is 0 Å². The predicted molar refractivity (Wildman–Crippen MR) is 113 cm³/mol. The van der Waals surface area contributed by atoms with E-state index in [2.05, 4.69) is 18.8 Å². The molecule has 0 spiro atoms. The van der Waals surface area contributed by atoms with Crippen molar-refractivity contribution in [3.05, 3.63) is 12.2 Å². The quantitative estimate of drug-likeness (QED) is 0.117. The van der Waals surface area contributed by atoms with E-state index in [9.17, 15) is 4.79 Å². The van der Waals surface area contributed by atoms with Gasteiger partial charge in [-0.3, -0.25) is 5.32 Å². The Morgan fingerprint density at radius 2 is 1.19 bits per heavy atom. The summed E-state index contributed by atoms with van der Waals surface area (Å²) in [5.41, 5.74) is 0.450. The second-order valence-corrected chi connectivity index (χ2v) is 7.73. The number of carbonyl (C=O) groups is 1. The summed E-state index contributed by atoms with van der Waals surface area (Å²) in [6.07, 6.45) is 20.4. The predicted octanol–water partition coefficient (Wildman–Crippen LogP) is 6.91. The molecule has 0 bridgehead atoms. The second-order valence-electron chi connectivity index (χ2n) is 7.73. The van der Waals surface area contributed by atoms with E-state index in [0.717, 1.165) is 13.0 Å². The molecule has 0 fully saturated rings. The van der Waals surface area contributed by atoms with Gasteiger partial charge in [0.1, 0.15) is 0 Å². The Balaban J connectivity index is 3.17. The molecule has 0 amide bonds. The lowest BCUT2D eigenvalue weighted by atomic mass is 10.0. The van der Waals surface area contributed by atoms with Crippen LogP contribution >= 0.6 is 0 Å². The van der Waals surface area contributed by atoms with Gasteiger partial charge in [0.15, 0.2) is 6.23 Å². The van der Waals surface area contributed by atoms with Gasteiger partial charge >= 0.3 is 5.97 Å². The Morgan fingerprint density at radius 1 is 0.808 bits per heavy atom. The highest BCUT2D eigenvalue weighted by atomic mass is 16.6. The van der Waals surface area contributed by atoms with Crippen molar-refractivity contribution in [1.82, 2.24) is 5.32 Å². The summed E-state index contributed by atoms with van der Waals surface area (Å²) < 4.78 is 5.19. The normalized spacial score (nSPS) is 12.1. The molecular formula is C23H45NO2. The van der Waals surface area contributed by atoms with Crippen LogP contribution in [0.1, 0.15) is 117 Å². The second kappa shape index (κ2) is 18.9. The van der Waals surface area contributed by atoms with Crippen LogP contribution in [0.25, 0.3) is 0 Å². The summed E-state index contributed by atoms with van der Waals surface area (Å²) in [6, 6.07) is 0. The van der Waals surface area contributed by atoms with Gasteiger partial charge in [-0.1, -0.05) is 103 Å². The fourth-order valence-corrected chi connectivity index (χ4v) is 3.10. The van der Waals surface area contributed by atoms with Gasteiger partial charge in [0, 0.05) is 5.57 Å². The summed E-state index contributed by atoms with van der Waals surface area (Å²) >= 11 is 0. The molecule has 1 N–H and O–H groups in total. The number of esters is 1. The van der Waals surface area contributed by atoms with Crippen LogP contribution in [0.5, 0.6) is 0 Å². The van der Waals surface area contributed by atoms with Crippen LogP contribution in [0.4, 0.5) is 0 Å². The maximum Gasteiger partial charge on any atom is 0.334 e. The van der Waals surface area contributed by atoms with Crippen LogP contribution in [0.2, 0.25) is 0 Å². The van der Waals surface area contributed by atoms with Crippen LogP contribution in [0.15, 0.2) is 12.2 Å². The van der Waals surface area contributed by atoms with E-state index >= 15 is 0 Å². The average molecular weight is 368 g/mol. The number of carbonyl (C=O) groups excluding carboxylic acids is 1. The SMILES string of the molecule is C=C(C)C(=O)OC(C)NCCCCCCCCCCCCCCCCC. The van der Waals surface area contributed by atoms with Crippen molar-refractivity contribution in [1.29, 1.82) is 0 Å². The van der Waals surface area contributed by atoms with Crippen molar-refractivity contribution < 1.29 is 9.53 Å². The fraction of sp³-hybridized carbons (Fsp3) is 0.870. The lowest BCUT2D eigenvalue weighted by molar-refractivity contribution is -0.144. The molecule has 0 aromatic rings. The van der Waals surface area contributed by atoms with Crippen LogP contribution in [0.3, 0.4) is 0 Å². The first-order chi connectivity index (χ1) is 12.6. The number of ether oxygens (including phenoxy) is 1. The molecule has 0 heterocycles. The van der Waals surface area contributed by atoms with E-state index in [4.69, 9.17) is 4.74 Å². The van der Waals surface area contributed by atoms with Crippen molar-refractivity contribution in [3.8, 4) is 0 Å². The molecule has 26 heavy (non-hydrogen) atoms. The summed E-state index contributed by atoms with van der Waals surface area (Å²) in [5, 5.41) is 3.23. The van der Waals surface area contributed by atoms with Crippen molar-refractivity contribution >= 4 is 5.97 Å². The molecule has 0 aliphatic carbocycles. The van der Waals surface area contributed by atoms with Gasteiger partial charge in [0.2, 0.25) is 0 Å². The van der Waals surface area contributed by atoms with Gasteiger partial charge in [-0.25, -0.2) is 4.79 Å². The van der Waals surface area contributed by atoms with Gasteiger partial charge in [-0.05, 0) is 26.8 Å². The highest BCUT2D eigenvalue weighted by Crippen LogP contribution is 2.13. The topological polar surface area (TPSA) is 38.3 Å². The van der Waals surface area contributed by atoms with E-state index < -0.39 is 0 Å². The van der Waals surface area contributed by atoms with Crippen molar-refractivity contribution in [3.63, 3.8) is 0 Å². The number of nitrogens with one attached hydrogen (secondary N) is 1. The summed E-state index contributed by atoms with van der Waals surface area (Å²) in [4.78, 5) is 11.4. The molecule has 0 aromatic carbocycles. The molecule has 1 atom stereocenters. The minimum absolute atomic E-state index is 0.231. The molecule has 1 unspecified atom stereocenters. The van der Waals surface area contributed by atoms with Gasteiger partial charge < -0.3 is 4.74 Å². The number of hydrogen-bond donors (Lipinski definition) is 1. The maximum absolute atomic E-state index is 11.4. The van der Waals surface area contributed by atoms with Gasteiger partial charge in [-0.2, -0.15) is 0 Å². The Morgan fingerprint density at radius 3 is 1.58 bits per heavy atom. The Labute approximate surface area is 163 Å². The summed E-state index contributed by atoms with van der Waals surface area (Å²) in [5.74, 6) is -0.318. The largest absolute Gasteiger partial charge is 0.444 e. The third-order valence-corrected chi connectivity index (χ3v) is 4.84. The zero-order valence-corrected chi connectivity index (χ0v) is 17.9. The van der Waals surface area contributed by atoms with Crippen LogP contribution in [-0.4, -0.2) is 18.7 Å². The lowest BCUT2D eigenvalue weighted by Gasteiger charge is -2.14. The average Bonchev–Trinajstić information content (AvgIpc) is 2.61. The molecule has 0 saturated carbocycles. The molecule has 0 rings (SSSR count). The Hall–Kier alpha value is -0.830. The fourth-order valence-electron chi connectivity index (χ4n) is 3.10. The van der Waals surface area contributed by atoms with E-state index in [1.54, 1.807) is 6.92 Å². The minimum Gasteiger partial charge on any atom is -0.444 e. The molecule has 0 aliphatic rings. The van der Waals surface area contributed by atoms with Crippen LogP contribution in [0, 0.1) is 0 Å². The summed E-state index contributed by atoms with van der Waals surface area (Å²) in [7, 11) is 0. The highest BCUT2D eigenvalue weighted by Gasteiger charge is 2.08. The lowest BCUT2D eigenvalue weighted by Crippen LogP contribution is -2.31. The molecule has 154 valence electrons. The third kappa shape index (κ3) is 18.0.